The molecule has 0 unspecified atom stereocenters. The first-order chi connectivity index (χ1) is 8.11. The molecule has 0 atom stereocenters. The molecule has 1 N–H and O–H groups in total. The summed E-state index contributed by atoms with van der Waals surface area (Å²) in [6.45, 7) is 0.0664. The molecule has 0 saturated heterocycles. The molecule has 0 heterocycles. The van der Waals surface area contributed by atoms with E-state index in [9.17, 15) is 9.90 Å². The molecular formula is C13H15BrO3. The summed E-state index contributed by atoms with van der Waals surface area (Å²) >= 11 is 3.42. The molecule has 1 aromatic carbocycles. The van der Waals surface area contributed by atoms with Crippen molar-refractivity contribution in [3.8, 4) is 0 Å². The molecular weight excluding hydrogens is 284 g/mol. The number of esters is 1. The second kappa shape index (κ2) is 4.78. The van der Waals surface area contributed by atoms with Crippen LogP contribution in [0.1, 0.15) is 18.4 Å². The number of carbonyl (C=O) groups excluding carboxylic acids is 1. The van der Waals surface area contributed by atoms with Crippen LogP contribution < -0.4 is 0 Å². The maximum absolute atomic E-state index is 11.4. The first-order valence-electron chi connectivity index (χ1n) is 5.56. The van der Waals surface area contributed by atoms with Crippen LogP contribution in [0.3, 0.4) is 0 Å². The average Bonchev–Trinajstić information content (AvgIpc) is 2.28. The standard InChI is InChI=1S/C13H15BrO3/c1-17-12(16)9-6-13(7-9,8-15)10-3-2-4-11(14)5-10/h2-5,9,15H,6-8H2,1H3. The number of hydrogen-bond acceptors (Lipinski definition) is 3. The van der Waals surface area contributed by atoms with Crippen molar-refractivity contribution in [1.82, 2.24) is 0 Å². The van der Waals surface area contributed by atoms with Gasteiger partial charge in [0.15, 0.2) is 0 Å². The molecule has 0 amide bonds. The summed E-state index contributed by atoms with van der Waals surface area (Å²) in [5, 5.41) is 9.59. The number of carbonyl (C=O) groups is 1. The lowest BCUT2D eigenvalue weighted by atomic mass is 9.59. The first-order valence-corrected chi connectivity index (χ1v) is 6.35. The van der Waals surface area contributed by atoms with Crippen molar-refractivity contribution in [2.75, 3.05) is 13.7 Å². The van der Waals surface area contributed by atoms with E-state index in [1.807, 2.05) is 24.3 Å². The monoisotopic (exact) mass is 298 g/mol. The summed E-state index contributed by atoms with van der Waals surface area (Å²) in [7, 11) is 1.40. The molecule has 0 radical (unpaired) electrons. The lowest BCUT2D eigenvalue weighted by molar-refractivity contribution is -0.152. The highest BCUT2D eigenvalue weighted by molar-refractivity contribution is 9.10. The summed E-state index contributed by atoms with van der Waals surface area (Å²) in [5.41, 5.74) is 0.803. The Labute approximate surface area is 109 Å². The minimum absolute atomic E-state index is 0.0664. The zero-order valence-corrected chi connectivity index (χ0v) is 11.2. The molecule has 3 nitrogen and oxygen atoms in total. The summed E-state index contributed by atoms with van der Waals surface area (Å²) in [5.74, 6) is -0.254. The fraction of sp³-hybridized carbons (Fsp3) is 0.462. The lowest BCUT2D eigenvalue weighted by Crippen LogP contribution is -2.47. The number of aliphatic hydroxyl groups excluding tert-OH is 1. The molecule has 0 aromatic heterocycles. The predicted octanol–water partition coefficient (Wildman–Crippen LogP) is 2.26. The van der Waals surface area contributed by atoms with Crippen molar-refractivity contribution in [2.45, 2.75) is 18.3 Å². The van der Waals surface area contributed by atoms with E-state index in [-0.39, 0.29) is 23.9 Å². The van der Waals surface area contributed by atoms with Gasteiger partial charge in [-0.2, -0.15) is 0 Å². The van der Waals surface area contributed by atoms with Gasteiger partial charge in [-0.15, -0.1) is 0 Å². The van der Waals surface area contributed by atoms with Gasteiger partial charge in [0, 0.05) is 9.89 Å². The number of hydrogen-bond donors (Lipinski definition) is 1. The van der Waals surface area contributed by atoms with E-state index in [1.165, 1.54) is 7.11 Å². The molecule has 2 rings (SSSR count). The van der Waals surface area contributed by atoms with Gasteiger partial charge in [0.05, 0.1) is 19.6 Å². The van der Waals surface area contributed by atoms with Crippen LogP contribution in [-0.2, 0) is 14.9 Å². The van der Waals surface area contributed by atoms with Gasteiger partial charge >= 0.3 is 5.97 Å². The second-order valence-electron chi connectivity index (χ2n) is 4.58. The van der Waals surface area contributed by atoms with Crippen molar-refractivity contribution in [3.63, 3.8) is 0 Å². The molecule has 17 heavy (non-hydrogen) atoms. The third-order valence-corrected chi connectivity index (χ3v) is 4.04. The summed E-state index contributed by atoms with van der Waals surface area (Å²) < 4.78 is 5.71. The topological polar surface area (TPSA) is 46.5 Å². The van der Waals surface area contributed by atoms with Gasteiger partial charge < -0.3 is 9.84 Å². The number of halogens is 1. The average molecular weight is 299 g/mol. The lowest BCUT2D eigenvalue weighted by Gasteiger charge is -2.45. The normalized spacial score (nSPS) is 27.4. The van der Waals surface area contributed by atoms with Crippen LogP contribution in [-0.4, -0.2) is 24.8 Å². The Kier molecular flexibility index (Phi) is 3.54. The van der Waals surface area contributed by atoms with Crippen LogP contribution in [0.4, 0.5) is 0 Å². The van der Waals surface area contributed by atoms with E-state index in [4.69, 9.17) is 4.74 Å². The van der Waals surface area contributed by atoms with E-state index in [2.05, 4.69) is 15.9 Å². The van der Waals surface area contributed by atoms with Crippen LogP contribution >= 0.6 is 15.9 Å². The zero-order valence-electron chi connectivity index (χ0n) is 9.65. The van der Waals surface area contributed by atoms with Gasteiger partial charge in [-0.05, 0) is 30.5 Å². The highest BCUT2D eigenvalue weighted by Crippen LogP contribution is 2.48. The van der Waals surface area contributed by atoms with Crippen LogP contribution in [0.2, 0.25) is 0 Å². The first kappa shape index (κ1) is 12.6. The van der Waals surface area contributed by atoms with Crippen molar-refractivity contribution in [3.05, 3.63) is 34.3 Å². The molecule has 1 aliphatic carbocycles. The van der Waals surface area contributed by atoms with E-state index < -0.39 is 0 Å². The highest BCUT2D eigenvalue weighted by Gasteiger charge is 2.48. The van der Waals surface area contributed by atoms with E-state index in [0.29, 0.717) is 12.8 Å². The summed E-state index contributed by atoms with van der Waals surface area (Å²) in [6, 6.07) is 7.89. The SMILES string of the molecule is COC(=O)C1CC(CO)(c2cccc(Br)c2)C1. The van der Waals surface area contributed by atoms with Gasteiger partial charge in [0.1, 0.15) is 0 Å². The minimum Gasteiger partial charge on any atom is -0.469 e. The largest absolute Gasteiger partial charge is 0.469 e. The molecule has 1 aromatic rings. The van der Waals surface area contributed by atoms with Crippen molar-refractivity contribution in [1.29, 1.82) is 0 Å². The van der Waals surface area contributed by atoms with Crippen LogP contribution in [0.15, 0.2) is 28.7 Å². The number of methoxy groups -OCH3 is 1. The minimum atomic E-state index is -0.275. The Balaban J connectivity index is 2.17. The summed E-state index contributed by atoms with van der Waals surface area (Å²) in [4.78, 5) is 11.4. The van der Waals surface area contributed by atoms with Gasteiger partial charge in [-0.25, -0.2) is 0 Å². The molecule has 92 valence electrons. The second-order valence-corrected chi connectivity index (χ2v) is 5.49. The fourth-order valence-electron chi connectivity index (χ4n) is 2.49. The predicted molar refractivity (Wildman–Crippen MR) is 67.6 cm³/mol. The van der Waals surface area contributed by atoms with Crippen LogP contribution in [0.25, 0.3) is 0 Å². The number of benzene rings is 1. The molecule has 0 bridgehead atoms. The highest BCUT2D eigenvalue weighted by atomic mass is 79.9. The van der Waals surface area contributed by atoms with Gasteiger partial charge in [0.2, 0.25) is 0 Å². The van der Waals surface area contributed by atoms with Gasteiger partial charge in [0.25, 0.3) is 0 Å². The fourth-order valence-corrected chi connectivity index (χ4v) is 2.89. The van der Waals surface area contributed by atoms with Crippen molar-refractivity contribution < 1.29 is 14.6 Å². The Morgan fingerprint density at radius 1 is 1.59 bits per heavy atom. The quantitative estimate of drug-likeness (QED) is 0.871. The van der Waals surface area contributed by atoms with E-state index >= 15 is 0 Å². The zero-order chi connectivity index (χ0) is 12.5. The third-order valence-electron chi connectivity index (χ3n) is 3.55. The molecule has 0 aliphatic heterocycles. The van der Waals surface area contributed by atoms with Crippen LogP contribution in [0, 0.1) is 5.92 Å². The van der Waals surface area contributed by atoms with Gasteiger partial charge in [-0.1, -0.05) is 28.1 Å². The van der Waals surface area contributed by atoms with E-state index in [1.54, 1.807) is 0 Å². The maximum atomic E-state index is 11.4. The Morgan fingerprint density at radius 2 is 2.29 bits per heavy atom. The van der Waals surface area contributed by atoms with Crippen LogP contribution in [0.5, 0.6) is 0 Å². The number of rotatable bonds is 3. The molecule has 0 spiro atoms. The van der Waals surface area contributed by atoms with Crippen molar-refractivity contribution >= 4 is 21.9 Å². The Hall–Kier alpha value is -0.870. The Morgan fingerprint density at radius 3 is 2.82 bits per heavy atom. The molecule has 1 saturated carbocycles. The van der Waals surface area contributed by atoms with E-state index in [0.717, 1.165) is 10.0 Å². The van der Waals surface area contributed by atoms with Crippen molar-refractivity contribution in [2.24, 2.45) is 5.92 Å². The smallest absolute Gasteiger partial charge is 0.308 e. The molecule has 1 fully saturated rings. The Bertz CT molecular complexity index is 424. The molecule has 1 aliphatic rings. The maximum Gasteiger partial charge on any atom is 0.308 e. The summed E-state index contributed by atoms with van der Waals surface area (Å²) in [6.07, 6.45) is 1.32. The third kappa shape index (κ3) is 2.24. The molecule has 4 heteroatoms. The number of aliphatic hydroxyl groups is 1. The number of ether oxygens (including phenoxy) is 1. The van der Waals surface area contributed by atoms with Gasteiger partial charge in [-0.3, -0.25) is 4.79 Å².